The topological polar surface area (TPSA) is 53.2 Å². The lowest BCUT2D eigenvalue weighted by Crippen LogP contribution is -2.19. The van der Waals surface area contributed by atoms with E-state index in [0.29, 0.717) is 17.1 Å². The van der Waals surface area contributed by atoms with E-state index in [1.807, 2.05) is 6.07 Å². The standard InChI is InChI=1S/C19H14F3N3O/c20-15-10-11-16(18(22)17(15)21)23-13-6-8-14(9-7-13)25-19(26)24-12-4-2-1-3-5-12/h1-11,23H,(H2,24,25,26). The van der Waals surface area contributed by atoms with Crippen molar-refractivity contribution in [3.8, 4) is 0 Å². The van der Waals surface area contributed by atoms with Crippen LogP contribution < -0.4 is 16.0 Å². The molecule has 132 valence electrons. The Morgan fingerprint density at radius 2 is 1.23 bits per heavy atom. The number of para-hydroxylation sites is 1. The highest BCUT2D eigenvalue weighted by atomic mass is 19.2. The third-order valence-electron chi connectivity index (χ3n) is 3.49. The fraction of sp³-hybridized carbons (Fsp3) is 0. The Labute approximate surface area is 147 Å². The van der Waals surface area contributed by atoms with Crippen molar-refractivity contribution in [1.82, 2.24) is 0 Å². The molecule has 3 N–H and O–H groups in total. The summed E-state index contributed by atoms with van der Waals surface area (Å²) in [6, 6.07) is 16.8. The first-order chi connectivity index (χ1) is 12.5. The van der Waals surface area contributed by atoms with E-state index in [1.54, 1.807) is 48.5 Å². The highest BCUT2D eigenvalue weighted by molar-refractivity contribution is 5.99. The van der Waals surface area contributed by atoms with Crippen molar-refractivity contribution in [2.24, 2.45) is 0 Å². The molecule has 2 amide bonds. The van der Waals surface area contributed by atoms with Crippen molar-refractivity contribution in [3.05, 3.63) is 84.2 Å². The third kappa shape index (κ3) is 4.13. The maximum atomic E-state index is 13.7. The Kier molecular flexibility index (Phi) is 5.07. The van der Waals surface area contributed by atoms with Crippen LogP contribution in [-0.2, 0) is 0 Å². The van der Waals surface area contributed by atoms with E-state index in [1.165, 1.54) is 0 Å². The number of amides is 2. The van der Waals surface area contributed by atoms with Crippen LogP contribution in [0.1, 0.15) is 0 Å². The number of hydrogen-bond donors (Lipinski definition) is 3. The van der Waals surface area contributed by atoms with Crippen molar-refractivity contribution in [2.75, 3.05) is 16.0 Å². The normalized spacial score (nSPS) is 10.3. The molecule has 0 fully saturated rings. The first-order valence-electron chi connectivity index (χ1n) is 7.66. The number of halogens is 3. The Morgan fingerprint density at radius 3 is 1.88 bits per heavy atom. The van der Waals surface area contributed by atoms with Crippen LogP contribution in [0.2, 0.25) is 0 Å². The molecular weight excluding hydrogens is 343 g/mol. The number of rotatable bonds is 4. The zero-order valence-corrected chi connectivity index (χ0v) is 13.4. The highest BCUT2D eigenvalue weighted by Crippen LogP contribution is 2.24. The zero-order valence-electron chi connectivity index (χ0n) is 13.4. The van der Waals surface area contributed by atoms with Crippen molar-refractivity contribution in [1.29, 1.82) is 0 Å². The quantitative estimate of drug-likeness (QED) is 0.541. The minimum Gasteiger partial charge on any atom is -0.353 e. The molecule has 0 radical (unpaired) electrons. The lowest BCUT2D eigenvalue weighted by Gasteiger charge is -2.10. The Hall–Kier alpha value is -3.48. The molecular formula is C19H14F3N3O. The molecule has 0 atom stereocenters. The summed E-state index contributed by atoms with van der Waals surface area (Å²) in [5.74, 6) is -4.09. The van der Waals surface area contributed by atoms with Gasteiger partial charge in [-0.3, -0.25) is 0 Å². The van der Waals surface area contributed by atoms with Gasteiger partial charge < -0.3 is 16.0 Å². The second-order valence-corrected chi connectivity index (χ2v) is 5.37. The largest absolute Gasteiger partial charge is 0.353 e. The minimum absolute atomic E-state index is 0.188. The molecule has 3 rings (SSSR count). The van der Waals surface area contributed by atoms with Gasteiger partial charge in [-0.2, -0.15) is 0 Å². The molecule has 0 aliphatic rings. The average Bonchev–Trinajstić information content (AvgIpc) is 2.64. The van der Waals surface area contributed by atoms with E-state index >= 15 is 0 Å². The van der Waals surface area contributed by atoms with Gasteiger partial charge in [0.1, 0.15) is 0 Å². The molecule has 0 saturated carbocycles. The van der Waals surface area contributed by atoms with Gasteiger partial charge in [-0.1, -0.05) is 18.2 Å². The zero-order chi connectivity index (χ0) is 18.5. The summed E-state index contributed by atoms with van der Waals surface area (Å²) >= 11 is 0. The van der Waals surface area contributed by atoms with Crippen LogP contribution in [0.25, 0.3) is 0 Å². The molecule has 0 spiro atoms. The Morgan fingerprint density at radius 1 is 0.654 bits per heavy atom. The molecule has 3 aromatic carbocycles. The molecule has 0 aliphatic heterocycles. The average molecular weight is 357 g/mol. The van der Waals surface area contributed by atoms with Gasteiger partial charge in [0.05, 0.1) is 5.69 Å². The first-order valence-corrected chi connectivity index (χ1v) is 7.66. The fourth-order valence-electron chi connectivity index (χ4n) is 2.23. The van der Waals surface area contributed by atoms with E-state index in [9.17, 15) is 18.0 Å². The molecule has 0 aromatic heterocycles. The van der Waals surface area contributed by atoms with E-state index in [4.69, 9.17) is 0 Å². The van der Waals surface area contributed by atoms with Gasteiger partial charge in [0.15, 0.2) is 17.5 Å². The number of hydrogen-bond acceptors (Lipinski definition) is 2. The first kappa shape index (κ1) is 17.3. The lowest BCUT2D eigenvalue weighted by molar-refractivity contribution is 0.262. The number of nitrogens with one attached hydrogen (secondary N) is 3. The van der Waals surface area contributed by atoms with Crippen molar-refractivity contribution >= 4 is 28.8 Å². The van der Waals surface area contributed by atoms with Crippen LogP contribution in [0.4, 0.5) is 40.7 Å². The van der Waals surface area contributed by atoms with Gasteiger partial charge in [-0.25, -0.2) is 18.0 Å². The lowest BCUT2D eigenvalue weighted by atomic mass is 10.2. The second kappa shape index (κ2) is 7.60. The van der Waals surface area contributed by atoms with E-state index < -0.39 is 23.5 Å². The third-order valence-corrected chi connectivity index (χ3v) is 3.49. The summed E-state index contributed by atoms with van der Waals surface area (Å²) in [7, 11) is 0. The molecule has 0 saturated heterocycles. The molecule has 0 bridgehead atoms. The SMILES string of the molecule is O=C(Nc1ccccc1)Nc1ccc(Nc2ccc(F)c(F)c2F)cc1. The van der Waals surface area contributed by atoms with Crippen LogP contribution in [0.3, 0.4) is 0 Å². The summed E-state index contributed by atoms with van der Waals surface area (Å²) in [6.07, 6.45) is 0. The van der Waals surface area contributed by atoms with Gasteiger partial charge in [0, 0.05) is 17.1 Å². The minimum atomic E-state index is -1.54. The van der Waals surface area contributed by atoms with Gasteiger partial charge in [0.2, 0.25) is 0 Å². The van der Waals surface area contributed by atoms with Gasteiger partial charge in [-0.15, -0.1) is 0 Å². The number of anilines is 4. The molecule has 0 aliphatic carbocycles. The van der Waals surface area contributed by atoms with Gasteiger partial charge in [-0.05, 0) is 48.5 Å². The van der Waals surface area contributed by atoms with Gasteiger partial charge in [0.25, 0.3) is 0 Å². The van der Waals surface area contributed by atoms with E-state index in [0.717, 1.165) is 12.1 Å². The van der Waals surface area contributed by atoms with E-state index in [-0.39, 0.29) is 5.69 Å². The van der Waals surface area contributed by atoms with Crippen molar-refractivity contribution in [3.63, 3.8) is 0 Å². The molecule has 0 heterocycles. The van der Waals surface area contributed by atoms with Crippen LogP contribution in [0, 0.1) is 17.5 Å². The van der Waals surface area contributed by atoms with Crippen LogP contribution in [0.5, 0.6) is 0 Å². The maximum absolute atomic E-state index is 13.7. The summed E-state index contributed by atoms with van der Waals surface area (Å²) in [6.45, 7) is 0. The predicted molar refractivity (Wildman–Crippen MR) is 95.1 cm³/mol. The predicted octanol–water partition coefficient (Wildman–Crippen LogP) is 5.49. The summed E-state index contributed by atoms with van der Waals surface area (Å²) in [5.41, 5.74) is 1.42. The van der Waals surface area contributed by atoms with Crippen LogP contribution >= 0.6 is 0 Å². The van der Waals surface area contributed by atoms with E-state index in [2.05, 4.69) is 16.0 Å². The number of carbonyl (C=O) groups excluding carboxylic acids is 1. The Bertz CT molecular complexity index is 915. The molecule has 3 aromatic rings. The van der Waals surface area contributed by atoms with Crippen LogP contribution in [0.15, 0.2) is 66.7 Å². The van der Waals surface area contributed by atoms with Gasteiger partial charge >= 0.3 is 6.03 Å². The molecule has 4 nitrogen and oxygen atoms in total. The molecule has 0 unspecified atom stereocenters. The fourth-order valence-corrected chi connectivity index (χ4v) is 2.23. The highest BCUT2D eigenvalue weighted by Gasteiger charge is 2.13. The Balaban J connectivity index is 1.63. The van der Waals surface area contributed by atoms with Crippen LogP contribution in [-0.4, -0.2) is 6.03 Å². The monoisotopic (exact) mass is 357 g/mol. The van der Waals surface area contributed by atoms with Crippen molar-refractivity contribution in [2.45, 2.75) is 0 Å². The summed E-state index contributed by atoms with van der Waals surface area (Å²) < 4.78 is 39.8. The second-order valence-electron chi connectivity index (χ2n) is 5.37. The number of carbonyl (C=O) groups is 1. The van der Waals surface area contributed by atoms with Crippen molar-refractivity contribution < 1.29 is 18.0 Å². The molecule has 26 heavy (non-hydrogen) atoms. The maximum Gasteiger partial charge on any atom is 0.323 e. The number of urea groups is 1. The summed E-state index contributed by atoms with van der Waals surface area (Å²) in [4.78, 5) is 11.9. The molecule has 7 heteroatoms. The number of benzene rings is 3. The summed E-state index contributed by atoms with van der Waals surface area (Å²) in [5, 5.41) is 7.97. The smallest absolute Gasteiger partial charge is 0.323 e.